The van der Waals surface area contributed by atoms with E-state index in [9.17, 15) is 10.5 Å². The van der Waals surface area contributed by atoms with E-state index in [0.717, 1.165) is 5.56 Å². The van der Waals surface area contributed by atoms with Gasteiger partial charge in [-0.15, -0.1) is 0 Å². The highest BCUT2D eigenvalue weighted by molar-refractivity contribution is 7.80. The fourth-order valence-electron chi connectivity index (χ4n) is 2.28. The summed E-state index contributed by atoms with van der Waals surface area (Å²) >= 11 is 5.16. The Balaban J connectivity index is 2.66. The van der Waals surface area contributed by atoms with Gasteiger partial charge in [0.15, 0.2) is 0 Å². The van der Waals surface area contributed by atoms with Gasteiger partial charge in [0.25, 0.3) is 0 Å². The third kappa shape index (κ3) is 2.18. The molecule has 1 heterocycles. The van der Waals surface area contributed by atoms with E-state index >= 15 is 0 Å². The van der Waals surface area contributed by atoms with Crippen molar-refractivity contribution < 1.29 is 4.74 Å². The van der Waals surface area contributed by atoms with Crippen molar-refractivity contribution in [3.63, 3.8) is 0 Å². The molecule has 1 aromatic rings. The smallest absolute Gasteiger partial charge is 0.122 e. The lowest BCUT2D eigenvalue weighted by atomic mass is 9.79. The van der Waals surface area contributed by atoms with Crippen LogP contribution in [0.4, 0.5) is 0 Å². The van der Waals surface area contributed by atoms with Crippen LogP contribution >= 0.6 is 12.2 Å². The molecule has 3 N–H and O–H groups in total. The molecule has 0 aliphatic carbocycles. The van der Waals surface area contributed by atoms with Crippen molar-refractivity contribution in [1.29, 1.82) is 10.5 Å². The zero-order chi connectivity index (χ0) is 14.7. The number of rotatable bonds is 2. The zero-order valence-electron chi connectivity index (χ0n) is 10.8. The second-order valence-electron chi connectivity index (χ2n) is 4.25. The number of methoxy groups -OCH3 is 1. The summed E-state index contributed by atoms with van der Waals surface area (Å²) in [6.07, 6.45) is 0. The summed E-state index contributed by atoms with van der Waals surface area (Å²) in [5.74, 6) is -0.374. The molecule has 100 valence electrons. The average Bonchev–Trinajstić information content (AvgIpc) is 2.46. The molecule has 0 amide bonds. The first-order chi connectivity index (χ1) is 9.63. The van der Waals surface area contributed by atoms with Gasteiger partial charge in [0.05, 0.1) is 29.8 Å². The molecule has 6 heteroatoms. The van der Waals surface area contributed by atoms with Gasteiger partial charge in [-0.3, -0.25) is 0 Å². The van der Waals surface area contributed by atoms with Crippen LogP contribution in [-0.4, -0.2) is 12.1 Å². The van der Waals surface area contributed by atoms with E-state index in [1.54, 1.807) is 13.2 Å². The fraction of sp³-hybridized carbons (Fsp3) is 0.214. The van der Waals surface area contributed by atoms with Gasteiger partial charge in [-0.05, 0) is 6.07 Å². The van der Waals surface area contributed by atoms with Crippen molar-refractivity contribution in [2.24, 2.45) is 11.7 Å². The summed E-state index contributed by atoms with van der Waals surface area (Å²) in [6, 6.07) is 11.4. The molecule has 0 saturated carbocycles. The molecular formula is C14H12N4OS. The van der Waals surface area contributed by atoms with Gasteiger partial charge in [0.2, 0.25) is 0 Å². The van der Waals surface area contributed by atoms with Gasteiger partial charge in [-0.25, -0.2) is 0 Å². The number of para-hydroxylation sites is 1. The second kappa shape index (κ2) is 5.60. The van der Waals surface area contributed by atoms with Crippen molar-refractivity contribution in [1.82, 2.24) is 5.32 Å². The molecule has 1 aromatic carbocycles. The highest BCUT2D eigenvalue weighted by Gasteiger charge is 2.37. The van der Waals surface area contributed by atoms with Crippen LogP contribution in [0.2, 0.25) is 0 Å². The Morgan fingerprint density at radius 2 is 2.05 bits per heavy atom. The molecule has 20 heavy (non-hydrogen) atoms. The number of nitrogens with one attached hydrogen (secondary N) is 1. The van der Waals surface area contributed by atoms with Crippen molar-refractivity contribution >= 4 is 17.2 Å². The largest absolute Gasteiger partial charge is 0.496 e. The molecule has 2 unspecified atom stereocenters. The van der Waals surface area contributed by atoms with Crippen LogP contribution in [0, 0.1) is 28.6 Å². The molecule has 1 aliphatic heterocycles. The maximum atomic E-state index is 9.37. The molecule has 0 bridgehead atoms. The minimum Gasteiger partial charge on any atom is -0.496 e. The SMILES string of the molecule is COc1ccccc1C1C(C#N)=C(N)NC(=S)C1C#N. The van der Waals surface area contributed by atoms with Crippen LogP contribution in [0.1, 0.15) is 11.5 Å². The van der Waals surface area contributed by atoms with Crippen LogP contribution in [0.25, 0.3) is 0 Å². The monoisotopic (exact) mass is 284 g/mol. The first-order valence-electron chi connectivity index (χ1n) is 5.87. The normalized spacial score (nSPS) is 21.6. The summed E-state index contributed by atoms with van der Waals surface area (Å²) in [6.45, 7) is 0. The predicted octanol–water partition coefficient (Wildman–Crippen LogP) is 1.54. The van der Waals surface area contributed by atoms with Crippen molar-refractivity contribution in [2.45, 2.75) is 5.92 Å². The summed E-state index contributed by atoms with van der Waals surface area (Å²) in [7, 11) is 1.54. The number of ether oxygens (including phenoxy) is 1. The van der Waals surface area contributed by atoms with Crippen molar-refractivity contribution in [2.75, 3.05) is 7.11 Å². The minimum absolute atomic E-state index is 0.194. The van der Waals surface area contributed by atoms with Gasteiger partial charge in [-0.2, -0.15) is 10.5 Å². The maximum absolute atomic E-state index is 9.37. The third-order valence-corrected chi connectivity index (χ3v) is 3.56. The lowest BCUT2D eigenvalue weighted by Crippen LogP contribution is -2.41. The third-order valence-electron chi connectivity index (χ3n) is 3.21. The molecular weight excluding hydrogens is 272 g/mol. The number of benzene rings is 1. The van der Waals surface area contributed by atoms with Crippen LogP contribution in [-0.2, 0) is 0 Å². The summed E-state index contributed by atoms with van der Waals surface area (Å²) in [5.41, 5.74) is 6.85. The Kier molecular flexibility index (Phi) is 3.88. The Morgan fingerprint density at radius 1 is 1.35 bits per heavy atom. The quantitative estimate of drug-likeness (QED) is 0.800. The van der Waals surface area contributed by atoms with Gasteiger partial charge in [0, 0.05) is 11.5 Å². The van der Waals surface area contributed by atoms with Gasteiger partial charge in [-0.1, -0.05) is 30.4 Å². The Hall–Kier alpha value is -2.57. The molecule has 0 radical (unpaired) electrons. The fourth-order valence-corrected chi connectivity index (χ4v) is 2.58. The molecule has 2 rings (SSSR count). The van der Waals surface area contributed by atoms with E-state index in [1.165, 1.54) is 0 Å². The Bertz CT molecular complexity index is 668. The summed E-state index contributed by atoms with van der Waals surface area (Å²) in [5, 5.41) is 21.4. The Labute approximate surface area is 122 Å². The average molecular weight is 284 g/mol. The molecule has 0 fully saturated rings. The molecule has 1 aliphatic rings. The van der Waals surface area contributed by atoms with E-state index in [0.29, 0.717) is 16.3 Å². The predicted molar refractivity (Wildman–Crippen MR) is 77.4 cm³/mol. The summed E-state index contributed by atoms with van der Waals surface area (Å²) < 4.78 is 5.31. The van der Waals surface area contributed by atoms with E-state index in [2.05, 4.69) is 17.5 Å². The number of thiocarbonyl (C=S) groups is 1. The van der Waals surface area contributed by atoms with Gasteiger partial charge in [0.1, 0.15) is 17.5 Å². The van der Waals surface area contributed by atoms with Crippen molar-refractivity contribution in [3.05, 3.63) is 41.2 Å². The van der Waals surface area contributed by atoms with Crippen LogP contribution in [0.15, 0.2) is 35.7 Å². The van der Waals surface area contributed by atoms with Crippen molar-refractivity contribution in [3.8, 4) is 17.9 Å². The van der Waals surface area contributed by atoms with E-state index in [4.69, 9.17) is 22.7 Å². The van der Waals surface area contributed by atoms with E-state index in [-0.39, 0.29) is 5.82 Å². The van der Waals surface area contributed by atoms with E-state index < -0.39 is 11.8 Å². The number of nitrogens with two attached hydrogens (primary N) is 1. The van der Waals surface area contributed by atoms with Crippen LogP contribution in [0.3, 0.4) is 0 Å². The second-order valence-corrected chi connectivity index (χ2v) is 4.69. The lowest BCUT2D eigenvalue weighted by molar-refractivity contribution is 0.405. The molecule has 0 spiro atoms. The molecule has 0 aromatic heterocycles. The standard InChI is InChI=1S/C14H12N4OS/c1-19-11-5-3-2-4-8(11)12-9(6-15)13(17)18-14(20)10(12)7-16/h2-5,10,12H,17H2,1H3,(H,18,20). The number of allylic oxidation sites excluding steroid dienone is 1. The molecule has 2 atom stereocenters. The van der Waals surface area contributed by atoms with Crippen LogP contribution < -0.4 is 15.8 Å². The first-order valence-corrected chi connectivity index (χ1v) is 6.28. The zero-order valence-corrected chi connectivity index (χ0v) is 11.6. The number of nitrogens with zero attached hydrogens (tertiary/aromatic N) is 2. The van der Waals surface area contributed by atoms with E-state index in [1.807, 2.05) is 18.2 Å². The van der Waals surface area contributed by atoms with Crippen LogP contribution in [0.5, 0.6) is 5.75 Å². The molecule has 5 nitrogen and oxygen atoms in total. The highest BCUT2D eigenvalue weighted by atomic mass is 32.1. The molecule has 0 saturated heterocycles. The lowest BCUT2D eigenvalue weighted by Gasteiger charge is -2.30. The highest BCUT2D eigenvalue weighted by Crippen LogP contribution is 2.39. The summed E-state index contributed by atoms with van der Waals surface area (Å²) in [4.78, 5) is 0.319. The number of nitriles is 2. The van der Waals surface area contributed by atoms with Gasteiger partial charge < -0.3 is 15.8 Å². The van der Waals surface area contributed by atoms with Gasteiger partial charge >= 0.3 is 0 Å². The topological polar surface area (TPSA) is 94.9 Å². The number of hydrogen-bond acceptors (Lipinski definition) is 5. The number of hydrogen-bond donors (Lipinski definition) is 2. The first kappa shape index (κ1) is 13.9. The minimum atomic E-state index is -0.650. The maximum Gasteiger partial charge on any atom is 0.122 e. The Morgan fingerprint density at radius 3 is 2.65 bits per heavy atom.